The average Bonchev–Trinajstić information content (AvgIpc) is 2.96. The molecule has 1 aliphatic rings. The van der Waals surface area contributed by atoms with Crippen LogP contribution in [0.5, 0.6) is 0 Å². The molecule has 0 spiro atoms. The molecule has 0 unspecified atom stereocenters. The monoisotopic (exact) mass is 361 g/mol. The largest absolute Gasteiger partial charge is 0.465 e. The molecule has 8 heteroatoms. The van der Waals surface area contributed by atoms with Crippen molar-refractivity contribution in [2.75, 3.05) is 45.7 Å². The Bertz CT molecular complexity index is 516. The molecule has 0 atom stereocenters. The van der Waals surface area contributed by atoms with Crippen molar-refractivity contribution in [3.05, 3.63) is 16.3 Å². The van der Waals surface area contributed by atoms with Crippen molar-refractivity contribution in [1.29, 1.82) is 0 Å². The molecule has 1 fully saturated rings. The minimum atomic E-state index is -0.418. The van der Waals surface area contributed by atoms with Crippen LogP contribution in [0.4, 0.5) is 5.69 Å². The van der Waals surface area contributed by atoms with Crippen molar-refractivity contribution in [2.45, 2.75) is 12.8 Å². The molecule has 0 bridgehead atoms. The van der Waals surface area contributed by atoms with Crippen molar-refractivity contribution < 1.29 is 14.3 Å². The van der Waals surface area contributed by atoms with Gasteiger partial charge in [0, 0.05) is 0 Å². The molecule has 1 saturated heterocycles. The van der Waals surface area contributed by atoms with Gasteiger partial charge in [-0.2, -0.15) is 0 Å². The summed E-state index contributed by atoms with van der Waals surface area (Å²) >= 11 is 1.27. The van der Waals surface area contributed by atoms with Crippen LogP contribution < -0.4 is 10.6 Å². The van der Waals surface area contributed by atoms with E-state index in [-0.39, 0.29) is 18.3 Å². The molecule has 2 heterocycles. The average molecular weight is 362 g/mol. The SMILES string of the molecule is CNCC1CCN(CC(=O)Nc2ccsc2C(=O)OC)CC1.Cl. The Morgan fingerprint density at radius 3 is 2.70 bits per heavy atom. The van der Waals surface area contributed by atoms with Crippen LogP contribution >= 0.6 is 23.7 Å². The van der Waals surface area contributed by atoms with Gasteiger partial charge in [0.05, 0.1) is 19.3 Å². The third-order valence-corrected chi connectivity index (χ3v) is 4.77. The Morgan fingerprint density at radius 2 is 2.09 bits per heavy atom. The second-order valence-corrected chi connectivity index (χ2v) is 6.40. The van der Waals surface area contributed by atoms with Crippen molar-refractivity contribution >= 4 is 41.3 Å². The predicted octanol–water partition coefficient (Wildman–Crippen LogP) is 1.83. The number of nitrogens with one attached hydrogen (secondary N) is 2. The van der Waals surface area contributed by atoms with Crippen LogP contribution in [0.25, 0.3) is 0 Å². The number of methoxy groups -OCH3 is 1. The molecule has 130 valence electrons. The van der Waals surface area contributed by atoms with Crippen molar-refractivity contribution in [3.63, 3.8) is 0 Å². The van der Waals surface area contributed by atoms with Gasteiger partial charge in [0.1, 0.15) is 4.88 Å². The Hall–Kier alpha value is -1.15. The fourth-order valence-corrected chi connectivity index (χ4v) is 3.45. The number of hydrogen-bond acceptors (Lipinski definition) is 6. The maximum atomic E-state index is 12.1. The number of esters is 1. The minimum absolute atomic E-state index is 0. The summed E-state index contributed by atoms with van der Waals surface area (Å²) < 4.78 is 4.71. The fourth-order valence-electron chi connectivity index (χ4n) is 2.69. The van der Waals surface area contributed by atoms with E-state index in [4.69, 9.17) is 4.74 Å². The Labute approximate surface area is 147 Å². The molecule has 0 aliphatic carbocycles. The van der Waals surface area contributed by atoms with Gasteiger partial charge in [0.25, 0.3) is 0 Å². The van der Waals surface area contributed by atoms with Crippen LogP contribution in [-0.4, -0.2) is 57.1 Å². The zero-order valence-corrected chi connectivity index (χ0v) is 15.1. The molecule has 6 nitrogen and oxygen atoms in total. The van der Waals surface area contributed by atoms with Crippen LogP contribution in [0.15, 0.2) is 11.4 Å². The molecule has 2 rings (SSSR count). The third-order valence-electron chi connectivity index (χ3n) is 3.88. The lowest BCUT2D eigenvalue weighted by Gasteiger charge is -2.31. The first-order valence-corrected chi connectivity index (χ1v) is 8.34. The summed E-state index contributed by atoms with van der Waals surface area (Å²) in [5.74, 6) is 0.195. The highest BCUT2D eigenvalue weighted by Gasteiger charge is 2.21. The van der Waals surface area contributed by atoms with E-state index < -0.39 is 5.97 Å². The summed E-state index contributed by atoms with van der Waals surface area (Å²) in [6.45, 7) is 3.28. The van der Waals surface area contributed by atoms with E-state index >= 15 is 0 Å². The first-order valence-electron chi connectivity index (χ1n) is 7.46. The van der Waals surface area contributed by atoms with E-state index in [1.165, 1.54) is 18.4 Å². The second-order valence-electron chi connectivity index (χ2n) is 5.48. The molecule has 1 aromatic rings. The maximum absolute atomic E-state index is 12.1. The lowest BCUT2D eigenvalue weighted by molar-refractivity contribution is -0.117. The zero-order chi connectivity index (χ0) is 15.9. The highest BCUT2D eigenvalue weighted by molar-refractivity contribution is 7.12. The fraction of sp³-hybridized carbons (Fsp3) is 0.600. The molecule has 23 heavy (non-hydrogen) atoms. The van der Waals surface area contributed by atoms with E-state index in [0.717, 1.165) is 32.5 Å². The van der Waals surface area contributed by atoms with Crippen LogP contribution in [0.1, 0.15) is 22.5 Å². The number of amides is 1. The number of rotatable bonds is 6. The molecule has 0 saturated carbocycles. The molecule has 0 aromatic carbocycles. The van der Waals surface area contributed by atoms with Gasteiger partial charge in [-0.1, -0.05) is 0 Å². The summed E-state index contributed by atoms with van der Waals surface area (Å²) in [6.07, 6.45) is 2.22. The summed E-state index contributed by atoms with van der Waals surface area (Å²) in [5.41, 5.74) is 0.534. The molecule has 1 aromatic heterocycles. The van der Waals surface area contributed by atoms with Gasteiger partial charge < -0.3 is 15.4 Å². The number of hydrogen-bond donors (Lipinski definition) is 2. The van der Waals surface area contributed by atoms with Crippen LogP contribution in [0.2, 0.25) is 0 Å². The number of likely N-dealkylation sites (tertiary alicyclic amines) is 1. The van der Waals surface area contributed by atoms with Crippen LogP contribution in [0.3, 0.4) is 0 Å². The van der Waals surface area contributed by atoms with E-state index in [0.29, 0.717) is 23.0 Å². The Morgan fingerprint density at radius 1 is 1.39 bits per heavy atom. The van der Waals surface area contributed by atoms with Crippen LogP contribution in [0, 0.1) is 5.92 Å². The van der Waals surface area contributed by atoms with Gasteiger partial charge in [-0.05, 0) is 56.9 Å². The number of ether oxygens (including phenoxy) is 1. The summed E-state index contributed by atoms with van der Waals surface area (Å²) in [7, 11) is 3.31. The lowest BCUT2D eigenvalue weighted by Crippen LogP contribution is -2.40. The number of halogens is 1. The van der Waals surface area contributed by atoms with Crippen molar-refractivity contribution in [1.82, 2.24) is 10.2 Å². The van der Waals surface area contributed by atoms with Gasteiger partial charge in [0.2, 0.25) is 5.91 Å². The summed E-state index contributed by atoms with van der Waals surface area (Å²) in [5, 5.41) is 7.78. The van der Waals surface area contributed by atoms with Gasteiger partial charge in [0.15, 0.2) is 0 Å². The quantitative estimate of drug-likeness (QED) is 0.756. The van der Waals surface area contributed by atoms with Gasteiger partial charge >= 0.3 is 5.97 Å². The van der Waals surface area contributed by atoms with Gasteiger partial charge in [-0.25, -0.2) is 4.79 Å². The van der Waals surface area contributed by atoms with Crippen LogP contribution in [-0.2, 0) is 9.53 Å². The van der Waals surface area contributed by atoms with E-state index in [9.17, 15) is 9.59 Å². The highest BCUT2D eigenvalue weighted by atomic mass is 35.5. The minimum Gasteiger partial charge on any atom is -0.465 e. The number of piperidine rings is 1. The Balaban J connectivity index is 0.00000264. The molecule has 0 radical (unpaired) electrons. The second kappa shape index (κ2) is 9.87. The topological polar surface area (TPSA) is 70.7 Å². The van der Waals surface area contributed by atoms with E-state index in [1.807, 2.05) is 7.05 Å². The van der Waals surface area contributed by atoms with Gasteiger partial charge in [-0.15, -0.1) is 23.7 Å². The predicted molar refractivity (Wildman–Crippen MR) is 94.6 cm³/mol. The van der Waals surface area contributed by atoms with E-state index in [1.54, 1.807) is 11.4 Å². The molecule has 2 N–H and O–H groups in total. The smallest absolute Gasteiger partial charge is 0.350 e. The number of thiophene rings is 1. The Kier molecular flexibility index (Phi) is 8.54. The molecule has 1 amide bonds. The summed E-state index contributed by atoms with van der Waals surface area (Å²) in [4.78, 5) is 26.3. The van der Waals surface area contributed by atoms with Gasteiger partial charge in [-0.3, -0.25) is 9.69 Å². The van der Waals surface area contributed by atoms with E-state index in [2.05, 4.69) is 15.5 Å². The first-order chi connectivity index (χ1) is 10.6. The maximum Gasteiger partial charge on any atom is 0.350 e. The standard InChI is InChI=1S/C15H23N3O3S.ClH/c1-16-9-11-3-6-18(7-4-11)10-13(19)17-12-5-8-22-14(12)15(20)21-2;/h5,8,11,16H,3-4,6-7,9-10H2,1-2H3,(H,17,19);1H. The zero-order valence-electron chi connectivity index (χ0n) is 13.5. The molecule has 1 aliphatic heterocycles. The number of carbonyl (C=O) groups excluding carboxylic acids is 2. The third kappa shape index (κ3) is 5.76. The first kappa shape index (κ1) is 19.9. The number of carbonyl (C=O) groups is 2. The van der Waals surface area contributed by atoms with Crippen molar-refractivity contribution in [3.8, 4) is 0 Å². The number of nitrogens with zero attached hydrogens (tertiary/aromatic N) is 1. The van der Waals surface area contributed by atoms with Crippen molar-refractivity contribution in [2.24, 2.45) is 5.92 Å². The summed E-state index contributed by atoms with van der Waals surface area (Å²) in [6, 6.07) is 1.73. The number of anilines is 1. The lowest BCUT2D eigenvalue weighted by atomic mass is 9.97. The highest BCUT2D eigenvalue weighted by Crippen LogP contribution is 2.23. The normalized spacial score (nSPS) is 15.7. The molecular formula is C15H24ClN3O3S. The molecular weight excluding hydrogens is 338 g/mol.